The largest absolute Gasteiger partial charge is 0.384 e. The van der Waals surface area contributed by atoms with E-state index in [4.69, 9.17) is 15.5 Å². The summed E-state index contributed by atoms with van der Waals surface area (Å²) in [5.74, 6) is -0.0344. The molecule has 0 aliphatic heterocycles. The first-order valence-corrected chi connectivity index (χ1v) is 10.1. The molecule has 3 heterocycles. The fourth-order valence-electron chi connectivity index (χ4n) is 2.98. The molecule has 0 saturated carbocycles. The van der Waals surface area contributed by atoms with Crippen molar-refractivity contribution in [1.29, 1.82) is 0 Å². The molecule has 1 atom stereocenters. The first-order chi connectivity index (χ1) is 12.5. The van der Waals surface area contributed by atoms with Gasteiger partial charge in [0.25, 0.3) is 5.56 Å². The number of methoxy groups -OCH3 is 1. The molecule has 3 aromatic heterocycles. The van der Waals surface area contributed by atoms with Crippen molar-refractivity contribution in [3.8, 4) is 10.4 Å². The number of nitrogens with two attached hydrogens (primary N) is 1. The second-order valence-electron chi connectivity index (χ2n) is 5.94. The molecule has 2 N–H and O–H groups in total. The predicted octanol–water partition coefficient (Wildman–Crippen LogP) is 2.98. The third kappa shape index (κ3) is 3.20. The van der Waals surface area contributed by atoms with Gasteiger partial charge in [0, 0.05) is 28.8 Å². The van der Waals surface area contributed by atoms with Crippen LogP contribution in [0.25, 0.3) is 20.7 Å². The van der Waals surface area contributed by atoms with Crippen molar-refractivity contribution in [2.45, 2.75) is 32.7 Å². The molecule has 3 aromatic rings. The van der Waals surface area contributed by atoms with Crippen LogP contribution in [0.5, 0.6) is 0 Å². The van der Waals surface area contributed by atoms with Gasteiger partial charge in [-0.3, -0.25) is 14.2 Å². The van der Waals surface area contributed by atoms with Gasteiger partial charge < -0.3 is 10.5 Å². The molecule has 1 amide bonds. The van der Waals surface area contributed by atoms with Gasteiger partial charge >= 0.3 is 0 Å². The number of nitrogens with zero attached hydrogens (tertiary/aromatic N) is 2. The molecule has 3 rings (SSSR count). The lowest BCUT2D eigenvalue weighted by molar-refractivity contribution is -0.120. The number of carbonyl (C=O) groups is 1. The third-order valence-corrected chi connectivity index (χ3v) is 6.44. The van der Waals surface area contributed by atoms with E-state index in [1.165, 1.54) is 15.9 Å². The van der Waals surface area contributed by atoms with Gasteiger partial charge in [0.05, 0.1) is 12.0 Å². The first-order valence-electron chi connectivity index (χ1n) is 8.38. The minimum atomic E-state index is -0.771. The maximum Gasteiger partial charge on any atom is 0.263 e. The summed E-state index contributed by atoms with van der Waals surface area (Å²) in [6.45, 7) is 4.11. The zero-order valence-electron chi connectivity index (χ0n) is 14.9. The van der Waals surface area contributed by atoms with Gasteiger partial charge in [-0.05, 0) is 24.8 Å². The van der Waals surface area contributed by atoms with Crippen LogP contribution in [0.1, 0.15) is 30.6 Å². The molecule has 8 heteroatoms. The zero-order chi connectivity index (χ0) is 18.8. The van der Waals surface area contributed by atoms with E-state index in [1.807, 2.05) is 17.5 Å². The molecule has 1 unspecified atom stereocenters. The van der Waals surface area contributed by atoms with Crippen LogP contribution in [0.15, 0.2) is 22.3 Å². The predicted molar refractivity (Wildman–Crippen MR) is 106 cm³/mol. The Morgan fingerprint density at radius 2 is 2.23 bits per heavy atom. The highest BCUT2D eigenvalue weighted by molar-refractivity contribution is 7.20. The highest BCUT2D eigenvalue weighted by Gasteiger charge is 2.24. The fraction of sp³-hybridized carbons (Fsp3) is 0.389. The second-order valence-corrected chi connectivity index (χ2v) is 7.97. The molecule has 0 spiro atoms. The summed E-state index contributed by atoms with van der Waals surface area (Å²) in [7, 11) is 1.59. The molecule has 0 fully saturated rings. The van der Waals surface area contributed by atoms with Gasteiger partial charge in [0.15, 0.2) is 0 Å². The Morgan fingerprint density at radius 3 is 2.81 bits per heavy atom. The Kier molecular flexibility index (Phi) is 5.55. The highest BCUT2D eigenvalue weighted by atomic mass is 32.1. The van der Waals surface area contributed by atoms with Crippen LogP contribution in [0.4, 0.5) is 0 Å². The number of rotatable bonds is 7. The van der Waals surface area contributed by atoms with Crippen molar-refractivity contribution in [2.24, 2.45) is 5.73 Å². The molecule has 6 nitrogen and oxygen atoms in total. The zero-order valence-corrected chi connectivity index (χ0v) is 16.6. The maximum absolute atomic E-state index is 13.4. The number of primary amides is 1. The van der Waals surface area contributed by atoms with Gasteiger partial charge in [0.1, 0.15) is 16.7 Å². The lowest BCUT2D eigenvalue weighted by Gasteiger charge is -2.16. The average molecular weight is 392 g/mol. The molecular formula is C18H21N3O3S2. The molecule has 0 aliphatic carbocycles. The van der Waals surface area contributed by atoms with Crippen LogP contribution < -0.4 is 11.3 Å². The van der Waals surface area contributed by atoms with Crippen molar-refractivity contribution in [2.75, 3.05) is 13.7 Å². The van der Waals surface area contributed by atoms with Crippen LogP contribution >= 0.6 is 22.7 Å². The number of carbonyl (C=O) groups excluding carboxylic acids is 1. The Hall–Kier alpha value is -2.03. The van der Waals surface area contributed by atoms with Crippen LogP contribution in [-0.2, 0) is 22.4 Å². The van der Waals surface area contributed by atoms with Crippen molar-refractivity contribution in [3.05, 3.63) is 38.6 Å². The number of hydrogen-bond acceptors (Lipinski definition) is 6. The molecule has 0 bridgehead atoms. The molecule has 0 aliphatic rings. The molecule has 0 aromatic carbocycles. The minimum absolute atomic E-state index is 0.216. The summed E-state index contributed by atoms with van der Waals surface area (Å²) in [6.07, 6.45) is 1.25. The van der Waals surface area contributed by atoms with Crippen LogP contribution in [0, 0.1) is 0 Å². The monoisotopic (exact) mass is 391 g/mol. The third-order valence-electron chi connectivity index (χ3n) is 4.32. The average Bonchev–Trinajstić information content (AvgIpc) is 3.26. The number of ether oxygens (including phenoxy) is 1. The first kappa shape index (κ1) is 18.8. The summed E-state index contributed by atoms with van der Waals surface area (Å²) in [5.41, 5.74) is 6.21. The number of hydrogen-bond donors (Lipinski definition) is 1. The van der Waals surface area contributed by atoms with E-state index < -0.39 is 11.9 Å². The van der Waals surface area contributed by atoms with Crippen LogP contribution in [-0.4, -0.2) is 29.2 Å². The molecule has 0 saturated heterocycles. The van der Waals surface area contributed by atoms with E-state index in [0.29, 0.717) is 29.1 Å². The van der Waals surface area contributed by atoms with E-state index in [9.17, 15) is 9.59 Å². The smallest absolute Gasteiger partial charge is 0.263 e. The Labute approximate surface area is 159 Å². The van der Waals surface area contributed by atoms with Crippen LogP contribution in [0.3, 0.4) is 0 Å². The Balaban J connectivity index is 2.36. The maximum atomic E-state index is 13.4. The minimum Gasteiger partial charge on any atom is -0.384 e. The van der Waals surface area contributed by atoms with Gasteiger partial charge in [-0.1, -0.05) is 13.0 Å². The second kappa shape index (κ2) is 7.69. The summed E-state index contributed by atoms with van der Waals surface area (Å²) in [4.78, 5) is 32.8. The van der Waals surface area contributed by atoms with Gasteiger partial charge in [-0.15, -0.1) is 22.7 Å². The van der Waals surface area contributed by atoms with E-state index in [0.717, 1.165) is 21.7 Å². The lowest BCUT2D eigenvalue weighted by Crippen LogP contribution is -2.35. The molecule has 26 heavy (non-hydrogen) atoms. The number of fused-ring (bicyclic) bond motifs is 1. The fourth-order valence-corrected chi connectivity index (χ4v) is 4.98. The lowest BCUT2D eigenvalue weighted by atomic mass is 10.1. The quantitative estimate of drug-likeness (QED) is 0.671. The Bertz CT molecular complexity index is 989. The standard InChI is InChI=1S/C18H21N3O3S2/c1-4-11-14(12-6-5-9-25-12)15-17(26-11)20-13(7-8-24-3)21(18(15)23)10(2)16(19)22/h5-6,9-10H,4,7-8H2,1-3H3,(H2,19,22). The summed E-state index contributed by atoms with van der Waals surface area (Å²) < 4.78 is 6.56. The summed E-state index contributed by atoms with van der Waals surface area (Å²) >= 11 is 3.13. The van der Waals surface area contributed by atoms with Gasteiger partial charge in [-0.2, -0.15) is 0 Å². The summed E-state index contributed by atoms with van der Waals surface area (Å²) in [6, 6.07) is 3.20. The number of amides is 1. The van der Waals surface area contributed by atoms with Gasteiger partial charge in [0.2, 0.25) is 5.91 Å². The number of aryl methyl sites for hydroxylation is 1. The van der Waals surface area contributed by atoms with Gasteiger partial charge in [-0.25, -0.2) is 4.98 Å². The SMILES string of the molecule is CCc1sc2nc(CCOC)n(C(C)C(N)=O)c(=O)c2c1-c1cccs1. The highest BCUT2D eigenvalue weighted by Crippen LogP contribution is 2.39. The van der Waals surface area contributed by atoms with Crippen LogP contribution in [0.2, 0.25) is 0 Å². The van der Waals surface area contributed by atoms with E-state index >= 15 is 0 Å². The molecular weight excluding hydrogens is 370 g/mol. The molecule has 0 radical (unpaired) electrons. The Morgan fingerprint density at radius 1 is 1.46 bits per heavy atom. The number of aromatic nitrogens is 2. The van der Waals surface area contributed by atoms with Crippen molar-refractivity contribution >= 4 is 38.8 Å². The van der Waals surface area contributed by atoms with E-state index in [-0.39, 0.29) is 5.56 Å². The van der Waals surface area contributed by atoms with Crippen molar-refractivity contribution in [3.63, 3.8) is 0 Å². The van der Waals surface area contributed by atoms with E-state index in [2.05, 4.69) is 6.92 Å². The normalized spacial score (nSPS) is 12.6. The molecule has 138 valence electrons. The van der Waals surface area contributed by atoms with E-state index in [1.54, 1.807) is 25.4 Å². The number of thiophene rings is 2. The van der Waals surface area contributed by atoms with Crippen molar-refractivity contribution in [1.82, 2.24) is 9.55 Å². The summed E-state index contributed by atoms with van der Waals surface area (Å²) in [5, 5.41) is 2.56. The topological polar surface area (TPSA) is 87.2 Å². The van der Waals surface area contributed by atoms with Crippen molar-refractivity contribution < 1.29 is 9.53 Å².